The van der Waals surface area contributed by atoms with Gasteiger partial charge in [-0.25, -0.2) is 4.98 Å². The van der Waals surface area contributed by atoms with Gasteiger partial charge in [-0.15, -0.1) is 0 Å². The first-order chi connectivity index (χ1) is 18.8. The van der Waals surface area contributed by atoms with E-state index in [1.165, 1.54) is 12.0 Å². The molecule has 39 heavy (non-hydrogen) atoms. The van der Waals surface area contributed by atoms with E-state index < -0.39 is 17.7 Å². The number of hydrogen-bond donors (Lipinski definition) is 1. The molecule has 200 valence electrons. The summed E-state index contributed by atoms with van der Waals surface area (Å²) in [5, 5.41) is 11.6. The van der Waals surface area contributed by atoms with Crippen molar-refractivity contribution in [3.63, 3.8) is 0 Å². The van der Waals surface area contributed by atoms with Crippen molar-refractivity contribution in [2.45, 2.75) is 33.2 Å². The Hall–Kier alpha value is -4.59. The van der Waals surface area contributed by atoms with Crippen LogP contribution in [0, 0.1) is 13.8 Å². The predicted molar refractivity (Wildman–Crippen MR) is 148 cm³/mol. The molecule has 1 amide bonds. The van der Waals surface area contributed by atoms with Gasteiger partial charge in [-0.05, 0) is 62.1 Å². The van der Waals surface area contributed by atoms with Crippen molar-refractivity contribution in [3.05, 3.63) is 101 Å². The predicted octanol–water partition coefficient (Wildman–Crippen LogP) is 5.02. The van der Waals surface area contributed by atoms with E-state index in [-0.39, 0.29) is 23.6 Å². The van der Waals surface area contributed by atoms with Crippen LogP contribution in [0.4, 0.5) is 0 Å². The number of amides is 1. The van der Waals surface area contributed by atoms with Crippen LogP contribution in [0.15, 0.2) is 72.4 Å². The molecule has 1 unspecified atom stereocenters. The molecule has 3 heterocycles. The summed E-state index contributed by atoms with van der Waals surface area (Å²) in [7, 11) is 1.54. The van der Waals surface area contributed by atoms with Crippen LogP contribution in [-0.2, 0) is 16.0 Å². The Bertz CT molecular complexity index is 1590. The smallest absolute Gasteiger partial charge is 0.295 e. The summed E-state index contributed by atoms with van der Waals surface area (Å²) < 4.78 is 13.1. The normalized spacial score (nSPS) is 16.7. The molecule has 1 atom stereocenters. The highest BCUT2D eigenvalue weighted by atomic mass is 16.5. The van der Waals surface area contributed by atoms with E-state index in [4.69, 9.17) is 9.47 Å². The van der Waals surface area contributed by atoms with Gasteiger partial charge in [0, 0.05) is 12.7 Å². The van der Waals surface area contributed by atoms with Crippen LogP contribution >= 0.6 is 0 Å². The maximum Gasteiger partial charge on any atom is 0.295 e. The molecule has 1 aliphatic rings. The molecule has 1 aliphatic heterocycles. The fourth-order valence-corrected chi connectivity index (χ4v) is 5.15. The van der Waals surface area contributed by atoms with Crippen molar-refractivity contribution in [3.8, 4) is 11.5 Å². The van der Waals surface area contributed by atoms with Crippen molar-refractivity contribution in [2.24, 2.45) is 0 Å². The summed E-state index contributed by atoms with van der Waals surface area (Å²) in [6.07, 6.45) is 2.40. The third-order valence-corrected chi connectivity index (χ3v) is 7.14. The minimum atomic E-state index is -0.830. The number of aliphatic hydroxyl groups excluding tert-OH is 1. The highest BCUT2D eigenvalue weighted by Gasteiger charge is 2.46. The zero-order valence-electron chi connectivity index (χ0n) is 22.5. The molecule has 2 aromatic carbocycles. The summed E-state index contributed by atoms with van der Waals surface area (Å²) in [5.74, 6) is -0.678. The number of carbonyl (C=O) groups excluding carboxylic acids is 2. The number of rotatable bonds is 8. The Balaban J connectivity index is 1.66. The van der Waals surface area contributed by atoms with E-state index >= 15 is 0 Å². The maximum absolute atomic E-state index is 13.5. The molecular weight excluding hydrogens is 494 g/mol. The molecule has 0 bridgehead atoms. The number of hydrogen-bond acceptors (Lipinski definition) is 6. The lowest BCUT2D eigenvalue weighted by atomic mass is 9.95. The lowest BCUT2D eigenvalue weighted by Crippen LogP contribution is -2.31. The van der Waals surface area contributed by atoms with Gasteiger partial charge in [0.2, 0.25) is 0 Å². The highest BCUT2D eigenvalue weighted by molar-refractivity contribution is 6.46. The Morgan fingerprint density at radius 1 is 1.03 bits per heavy atom. The van der Waals surface area contributed by atoms with Crippen LogP contribution in [0.25, 0.3) is 11.4 Å². The maximum atomic E-state index is 13.5. The number of benzene rings is 2. The first kappa shape index (κ1) is 26.0. The van der Waals surface area contributed by atoms with Gasteiger partial charge in [-0.3, -0.25) is 9.59 Å². The Morgan fingerprint density at radius 2 is 1.79 bits per heavy atom. The molecule has 5 rings (SSSR count). The van der Waals surface area contributed by atoms with Gasteiger partial charge in [0.1, 0.15) is 11.3 Å². The Labute approximate surface area is 227 Å². The van der Waals surface area contributed by atoms with Crippen LogP contribution in [0.3, 0.4) is 0 Å². The van der Waals surface area contributed by atoms with Gasteiger partial charge < -0.3 is 23.9 Å². The van der Waals surface area contributed by atoms with Crippen molar-refractivity contribution in [1.29, 1.82) is 0 Å². The standard InChI is InChI=1S/C31H31N3O5/c1-5-39-23-14-13-22(18-24(23)38-4)27-25(28(35)26-20(3)33-16-9-10-19(2)30(33)32-26)29(36)31(37)34(27)17-15-21-11-7-6-8-12-21/h6-14,16,18,27,35H,5,15,17H2,1-4H3. The number of aromatic nitrogens is 2. The van der Waals surface area contributed by atoms with Crippen LogP contribution in [-0.4, -0.2) is 51.3 Å². The average Bonchev–Trinajstić information content (AvgIpc) is 3.42. The summed E-state index contributed by atoms with van der Waals surface area (Å²) >= 11 is 0. The van der Waals surface area contributed by atoms with Gasteiger partial charge in [0.25, 0.3) is 11.7 Å². The molecule has 0 aliphatic carbocycles. The van der Waals surface area contributed by atoms with Crippen LogP contribution < -0.4 is 9.47 Å². The SMILES string of the molecule is CCOc1ccc(C2C(=C(O)c3nc4c(C)cccn4c3C)C(=O)C(=O)N2CCc2ccccc2)cc1OC. The average molecular weight is 526 g/mol. The van der Waals surface area contributed by atoms with E-state index in [0.717, 1.165) is 11.1 Å². The number of fused-ring (bicyclic) bond motifs is 1. The fourth-order valence-electron chi connectivity index (χ4n) is 5.15. The summed E-state index contributed by atoms with van der Waals surface area (Å²) in [6.45, 7) is 6.38. The highest BCUT2D eigenvalue weighted by Crippen LogP contribution is 2.42. The second-order valence-corrected chi connectivity index (χ2v) is 9.50. The van der Waals surface area contributed by atoms with Gasteiger partial charge in [0.15, 0.2) is 17.3 Å². The number of aliphatic hydroxyl groups is 1. The number of aryl methyl sites for hydroxylation is 2. The zero-order valence-corrected chi connectivity index (χ0v) is 22.5. The molecule has 8 heteroatoms. The number of imidazole rings is 1. The molecule has 1 N–H and O–H groups in total. The van der Waals surface area contributed by atoms with Gasteiger partial charge in [-0.1, -0.05) is 42.5 Å². The van der Waals surface area contributed by atoms with Crippen LogP contribution in [0.2, 0.25) is 0 Å². The van der Waals surface area contributed by atoms with E-state index in [2.05, 4.69) is 4.98 Å². The monoisotopic (exact) mass is 525 g/mol. The molecule has 0 saturated carbocycles. The molecule has 0 spiro atoms. The first-order valence-corrected chi connectivity index (χ1v) is 12.9. The number of nitrogens with zero attached hydrogens (tertiary/aromatic N) is 3. The summed E-state index contributed by atoms with van der Waals surface area (Å²) in [5.41, 5.74) is 4.21. The Morgan fingerprint density at radius 3 is 2.49 bits per heavy atom. The number of ether oxygens (including phenoxy) is 2. The van der Waals surface area contributed by atoms with Gasteiger partial charge in [0.05, 0.1) is 31.0 Å². The number of ketones is 1. The van der Waals surface area contributed by atoms with Crippen LogP contribution in [0.1, 0.15) is 41.0 Å². The summed E-state index contributed by atoms with van der Waals surface area (Å²) in [4.78, 5) is 33.2. The number of methoxy groups -OCH3 is 1. The molecule has 4 aromatic rings. The quantitative estimate of drug-likeness (QED) is 0.197. The molecule has 2 aromatic heterocycles. The number of pyridine rings is 1. The molecule has 0 radical (unpaired) electrons. The second kappa shape index (κ2) is 10.6. The third kappa shape index (κ3) is 4.63. The number of likely N-dealkylation sites (tertiary alicyclic amines) is 1. The van der Waals surface area contributed by atoms with Crippen molar-refractivity contribution < 1.29 is 24.2 Å². The lowest BCUT2D eigenvalue weighted by molar-refractivity contribution is -0.139. The van der Waals surface area contributed by atoms with Crippen molar-refractivity contribution in [1.82, 2.24) is 14.3 Å². The van der Waals surface area contributed by atoms with Gasteiger partial charge in [-0.2, -0.15) is 0 Å². The van der Waals surface area contributed by atoms with Crippen molar-refractivity contribution >= 4 is 23.1 Å². The Kier molecular flexibility index (Phi) is 7.11. The topological polar surface area (TPSA) is 93.4 Å². The van der Waals surface area contributed by atoms with E-state index in [0.29, 0.717) is 41.4 Å². The minimum Gasteiger partial charge on any atom is -0.505 e. The third-order valence-electron chi connectivity index (χ3n) is 7.14. The summed E-state index contributed by atoms with van der Waals surface area (Å²) in [6, 6.07) is 18.1. The van der Waals surface area contributed by atoms with Crippen molar-refractivity contribution in [2.75, 3.05) is 20.3 Å². The fraction of sp³-hybridized carbons (Fsp3) is 0.258. The largest absolute Gasteiger partial charge is 0.505 e. The second-order valence-electron chi connectivity index (χ2n) is 9.50. The van der Waals surface area contributed by atoms with E-state index in [1.54, 1.807) is 18.2 Å². The van der Waals surface area contributed by atoms with Gasteiger partial charge >= 0.3 is 0 Å². The number of Topliss-reactive ketones (excluding diaryl/α,β-unsaturated/α-hetero) is 1. The lowest BCUT2D eigenvalue weighted by Gasteiger charge is -2.26. The van der Waals surface area contributed by atoms with E-state index in [9.17, 15) is 14.7 Å². The molecule has 1 saturated heterocycles. The molecule has 8 nitrogen and oxygen atoms in total. The molecule has 1 fully saturated rings. The number of carbonyl (C=O) groups is 2. The zero-order chi connectivity index (χ0) is 27.7. The molecular formula is C31H31N3O5. The van der Waals surface area contributed by atoms with E-state index in [1.807, 2.05) is 73.8 Å². The van der Waals surface area contributed by atoms with Crippen LogP contribution in [0.5, 0.6) is 11.5 Å². The minimum absolute atomic E-state index is 0.00318. The first-order valence-electron chi connectivity index (χ1n) is 12.9.